The summed E-state index contributed by atoms with van der Waals surface area (Å²) in [7, 11) is -3.72. The summed E-state index contributed by atoms with van der Waals surface area (Å²) in [5.74, 6) is -0.312. The largest absolute Gasteiger partial charge is 0.331 e. The van der Waals surface area contributed by atoms with Gasteiger partial charge in [0.1, 0.15) is 11.6 Å². The number of carbonyl (C=O) groups excluding carboxylic acids is 1. The highest BCUT2D eigenvalue weighted by Crippen LogP contribution is 2.16. The average Bonchev–Trinajstić information content (AvgIpc) is 3.01. The molecule has 3 rings (SSSR count). The number of imidazole rings is 1. The van der Waals surface area contributed by atoms with E-state index in [0.717, 1.165) is 11.4 Å². The first-order valence-corrected chi connectivity index (χ1v) is 10.2. The van der Waals surface area contributed by atoms with Crippen molar-refractivity contribution in [3.05, 3.63) is 77.3 Å². The molecule has 140 valence electrons. The number of amides is 1. The Morgan fingerprint density at radius 3 is 2.37 bits per heavy atom. The van der Waals surface area contributed by atoms with Gasteiger partial charge in [-0.2, -0.15) is 0 Å². The minimum atomic E-state index is -3.72. The van der Waals surface area contributed by atoms with E-state index in [2.05, 4.69) is 10.3 Å². The van der Waals surface area contributed by atoms with Gasteiger partial charge < -0.3 is 9.88 Å². The van der Waals surface area contributed by atoms with Gasteiger partial charge in [0.25, 0.3) is 0 Å². The summed E-state index contributed by atoms with van der Waals surface area (Å²) in [6, 6.07) is 13.0. The Labute approximate surface area is 162 Å². The van der Waals surface area contributed by atoms with Crippen molar-refractivity contribution < 1.29 is 13.2 Å². The number of benzene rings is 2. The third-order valence-corrected chi connectivity index (χ3v) is 5.89. The lowest BCUT2D eigenvalue weighted by molar-refractivity contribution is -0.113. The molecule has 0 aliphatic rings. The molecule has 0 saturated heterocycles. The number of carbonyl (C=O) groups is 1. The molecule has 27 heavy (non-hydrogen) atoms. The first-order chi connectivity index (χ1) is 12.8. The van der Waals surface area contributed by atoms with E-state index in [-0.39, 0.29) is 4.90 Å². The van der Waals surface area contributed by atoms with Gasteiger partial charge in [0, 0.05) is 29.6 Å². The molecule has 2 aromatic carbocycles. The highest BCUT2D eigenvalue weighted by atomic mass is 35.5. The molecule has 0 aliphatic carbocycles. The quantitative estimate of drug-likeness (QED) is 0.684. The molecule has 0 spiro atoms. The lowest BCUT2D eigenvalue weighted by atomic mass is 10.2. The molecule has 0 fully saturated rings. The van der Waals surface area contributed by atoms with Gasteiger partial charge in [-0.05, 0) is 48.9 Å². The van der Waals surface area contributed by atoms with Gasteiger partial charge in [0.15, 0.2) is 9.84 Å². The summed E-state index contributed by atoms with van der Waals surface area (Å²) in [5, 5.41) is 3.05. The number of aromatic nitrogens is 2. The Hall–Kier alpha value is -2.64. The number of anilines is 1. The zero-order chi connectivity index (χ0) is 19.4. The van der Waals surface area contributed by atoms with Crippen LogP contribution in [0.25, 0.3) is 0 Å². The van der Waals surface area contributed by atoms with Crippen LogP contribution in [0.15, 0.2) is 65.8 Å². The van der Waals surface area contributed by atoms with Crippen LogP contribution in [0.3, 0.4) is 0 Å². The molecule has 1 amide bonds. The van der Waals surface area contributed by atoms with Crippen LogP contribution in [0.5, 0.6) is 0 Å². The number of hydrogen-bond acceptors (Lipinski definition) is 4. The van der Waals surface area contributed by atoms with Crippen molar-refractivity contribution in [1.29, 1.82) is 0 Å². The number of halogens is 1. The Balaban J connectivity index is 1.62. The van der Waals surface area contributed by atoms with E-state index in [1.807, 2.05) is 29.8 Å². The first kappa shape index (κ1) is 19.1. The van der Waals surface area contributed by atoms with Crippen LogP contribution >= 0.6 is 11.6 Å². The van der Waals surface area contributed by atoms with Gasteiger partial charge in [-0.3, -0.25) is 4.79 Å². The second kappa shape index (κ2) is 7.94. The topological polar surface area (TPSA) is 81.1 Å². The number of sulfone groups is 1. The maximum atomic E-state index is 12.3. The fourth-order valence-corrected chi connectivity index (χ4v) is 3.82. The number of aryl methyl sites for hydroxylation is 1. The number of rotatable bonds is 6. The molecular formula is C19H18ClN3O3S. The molecule has 3 aromatic rings. The van der Waals surface area contributed by atoms with Crippen LogP contribution in [0.4, 0.5) is 5.69 Å². The average molecular weight is 404 g/mol. The van der Waals surface area contributed by atoms with Crippen LogP contribution in [-0.2, 0) is 21.2 Å². The van der Waals surface area contributed by atoms with Crippen LogP contribution in [-0.4, -0.2) is 29.6 Å². The Morgan fingerprint density at radius 2 is 1.78 bits per heavy atom. The third-order valence-electron chi connectivity index (χ3n) is 4.01. The van der Waals surface area contributed by atoms with Crippen LogP contribution in [0.1, 0.15) is 11.4 Å². The summed E-state index contributed by atoms with van der Waals surface area (Å²) in [6.45, 7) is 2.60. The molecule has 1 heterocycles. The predicted molar refractivity (Wildman–Crippen MR) is 105 cm³/mol. The maximum Gasteiger partial charge on any atom is 0.239 e. The van der Waals surface area contributed by atoms with Gasteiger partial charge in [0.05, 0.1) is 4.90 Å². The third kappa shape index (κ3) is 4.96. The van der Waals surface area contributed by atoms with Gasteiger partial charge in [-0.25, -0.2) is 13.4 Å². The second-order valence-corrected chi connectivity index (χ2v) is 8.49. The molecule has 0 radical (unpaired) electrons. The Morgan fingerprint density at radius 1 is 1.11 bits per heavy atom. The summed E-state index contributed by atoms with van der Waals surface area (Å²) < 4.78 is 26.6. The lowest BCUT2D eigenvalue weighted by Crippen LogP contribution is -2.23. The van der Waals surface area contributed by atoms with Crippen molar-refractivity contribution in [3.63, 3.8) is 0 Å². The lowest BCUT2D eigenvalue weighted by Gasteiger charge is -2.09. The van der Waals surface area contributed by atoms with E-state index in [1.165, 1.54) is 24.3 Å². The second-order valence-electron chi connectivity index (χ2n) is 6.06. The molecule has 0 aliphatic heterocycles. The molecule has 6 nitrogen and oxygen atoms in total. The molecular weight excluding hydrogens is 386 g/mol. The minimum Gasteiger partial charge on any atom is -0.331 e. The first-order valence-electron chi connectivity index (χ1n) is 8.18. The number of hydrogen-bond donors (Lipinski definition) is 1. The van der Waals surface area contributed by atoms with Gasteiger partial charge >= 0.3 is 0 Å². The SMILES string of the molecule is Cc1nccn1Cc1ccc(NC(=O)CS(=O)(=O)c2ccc(Cl)cc2)cc1. The van der Waals surface area contributed by atoms with Gasteiger partial charge in [-0.15, -0.1) is 0 Å². The van der Waals surface area contributed by atoms with Crippen LogP contribution in [0, 0.1) is 6.92 Å². The van der Waals surface area contributed by atoms with Gasteiger partial charge in [0.2, 0.25) is 5.91 Å². The standard InChI is InChI=1S/C19H18ClN3O3S/c1-14-21-10-11-23(14)12-15-2-6-17(7-3-15)22-19(24)13-27(25,26)18-8-4-16(20)5-9-18/h2-11H,12-13H2,1H3,(H,22,24). The summed E-state index contributed by atoms with van der Waals surface area (Å²) >= 11 is 5.76. The zero-order valence-corrected chi connectivity index (χ0v) is 16.2. The molecule has 0 saturated carbocycles. The van der Waals surface area contributed by atoms with Crippen molar-refractivity contribution in [2.24, 2.45) is 0 Å². The number of nitrogens with one attached hydrogen (secondary N) is 1. The van der Waals surface area contributed by atoms with Crippen molar-refractivity contribution in [2.75, 3.05) is 11.1 Å². The minimum absolute atomic E-state index is 0.0631. The highest BCUT2D eigenvalue weighted by Gasteiger charge is 2.19. The van der Waals surface area contributed by atoms with E-state index in [1.54, 1.807) is 18.3 Å². The summed E-state index contributed by atoms with van der Waals surface area (Å²) in [5.41, 5.74) is 1.58. The summed E-state index contributed by atoms with van der Waals surface area (Å²) in [6.07, 6.45) is 3.64. The van der Waals surface area contributed by atoms with Crippen molar-refractivity contribution in [2.45, 2.75) is 18.4 Å². The number of nitrogens with zero attached hydrogens (tertiary/aromatic N) is 2. The van der Waals surface area contributed by atoms with Crippen LogP contribution in [0.2, 0.25) is 5.02 Å². The highest BCUT2D eigenvalue weighted by molar-refractivity contribution is 7.92. The van der Waals surface area contributed by atoms with E-state index in [4.69, 9.17) is 11.6 Å². The fraction of sp³-hybridized carbons (Fsp3) is 0.158. The van der Waals surface area contributed by atoms with Crippen molar-refractivity contribution >= 4 is 33.0 Å². The van der Waals surface area contributed by atoms with Gasteiger partial charge in [-0.1, -0.05) is 23.7 Å². The van der Waals surface area contributed by atoms with Crippen molar-refractivity contribution in [3.8, 4) is 0 Å². The van der Waals surface area contributed by atoms with Crippen LogP contribution < -0.4 is 5.32 Å². The Kier molecular flexibility index (Phi) is 5.62. The normalized spacial score (nSPS) is 11.3. The fourth-order valence-electron chi connectivity index (χ4n) is 2.56. The maximum absolute atomic E-state index is 12.3. The molecule has 1 aromatic heterocycles. The van der Waals surface area contributed by atoms with E-state index >= 15 is 0 Å². The van der Waals surface area contributed by atoms with E-state index < -0.39 is 21.5 Å². The molecule has 8 heteroatoms. The van der Waals surface area contributed by atoms with E-state index in [0.29, 0.717) is 17.3 Å². The monoisotopic (exact) mass is 403 g/mol. The molecule has 1 N–H and O–H groups in total. The molecule has 0 unspecified atom stereocenters. The zero-order valence-electron chi connectivity index (χ0n) is 14.6. The smallest absolute Gasteiger partial charge is 0.239 e. The van der Waals surface area contributed by atoms with Crippen molar-refractivity contribution in [1.82, 2.24) is 9.55 Å². The molecule has 0 atom stereocenters. The van der Waals surface area contributed by atoms with E-state index in [9.17, 15) is 13.2 Å². The predicted octanol–water partition coefficient (Wildman–Crippen LogP) is 3.31. The summed E-state index contributed by atoms with van der Waals surface area (Å²) in [4.78, 5) is 16.4. The molecule has 0 bridgehead atoms. The Bertz CT molecular complexity index is 1040.